The van der Waals surface area contributed by atoms with E-state index in [1.165, 1.54) is 19.3 Å². The van der Waals surface area contributed by atoms with Gasteiger partial charge < -0.3 is 19.4 Å². The predicted molar refractivity (Wildman–Crippen MR) is 131 cm³/mol. The fourth-order valence-corrected chi connectivity index (χ4v) is 4.84. The molecule has 0 bridgehead atoms. The molecule has 1 N–H and O–H groups in total. The summed E-state index contributed by atoms with van der Waals surface area (Å²) < 4.78 is 11.5. The number of hydrogen-bond donors (Lipinski definition) is 1. The van der Waals surface area contributed by atoms with E-state index in [2.05, 4.69) is 39.1 Å². The first-order chi connectivity index (χ1) is 14.2. The van der Waals surface area contributed by atoms with Crippen molar-refractivity contribution in [1.29, 1.82) is 0 Å². The fourth-order valence-electron chi connectivity index (χ4n) is 4.84. The van der Waals surface area contributed by atoms with Crippen LogP contribution in [0.3, 0.4) is 0 Å². The monoisotopic (exact) mass is 531 g/mol. The first-order valence-corrected chi connectivity index (χ1v) is 11.4. The highest BCUT2D eigenvalue weighted by molar-refractivity contribution is 14.0. The number of nitrogens with zero attached hydrogens (tertiary/aromatic N) is 4. The van der Waals surface area contributed by atoms with Gasteiger partial charge in [-0.2, -0.15) is 0 Å². The van der Waals surface area contributed by atoms with Crippen molar-refractivity contribution in [2.45, 2.75) is 45.2 Å². The minimum absolute atomic E-state index is 0. The third-order valence-electron chi connectivity index (χ3n) is 6.44. The molecule has 3 saturated heterocycles. The molecule has 2 unspecified atom stereocenters. The van der Waals surface area contributed by atoms with Crippen molar-refractivity contribution in [2.24, 2.45) is 4.99 Å². The van der Waals surface area contributed by atoms with Crippen molar-refractivity contribution >= 4 is 29.9 Å². The van der Waals surface area contributed by atoms with Gasteiger partial charge in [-0.25, -0.2) is 0 Å². The molecule has 4 heterocycles. The van der Waals surface area contributed by atoms with Gasteiger partial charge in [0.25, 0.3) is 0 Å². The third-order valence-corrected chi connectivity index (χ3v) is 6.44. The molecule has 170 valence electrons. The van der Waals surface area contributed by atoms with Crippen LogP contribution in [0.25, 0.3) is 0 Å². The number of aryl methyl sites for hydroxylation is 1. The van der Waals surface area contributed by atoms with Gasteiger partial charge in [0.05, 0.1) is 25.8 Å². The molecule has 1 aromatic rings. The molecule has 0 radical (unpaired) electrons. The van der Waals surface area contributed by atoms with E-state index in [1.807, 2.05) is 6.92 Å². The molecule has 1 aromatic heterocycles. The number of furan rings is 1. The molecular weight excluding hydrogens is 493 g/mol. The Balaban J connectivity index is 0.00000256. The smallest absolute Gasteiger partial charge is 0.194 e. The molecule has 3 aliphatic rings. The van der Waals surface area contributed by atoms with Crippen molar-refractivity contribution in [3.8, 4) is 0 Å². The van der Waals surface area contributed by atoms with Crippen molar-refractivity contribution < 1.29 is 9.15 Å². The molecule has 0 spiro atoms. The number of likely N-dealkylation sites (tertiary alicyclic amines) is 2. The Labute approximate surface area is 198 Å². The maximum absolute atomic E-state index is 6.01. The average Bonchev–Trinajstić information content (AvgIpc) is 3.50. The number of nitrogens with one attached hydrogen (secondary N) is 1. The zero-order valence-corrected chi connectivity index (χ0v) is 20.8. The predicted octanol–water partition coefficient (Wildman–Crippen LogP) is 2.71. The van der Waals surface area contributed by atoms with Gasteiger partial charge >= 0.3 is 0 Å². The summed E-state index contributed by atoms with van der Waals surface area (Å²) in [6.45, 7) is 14.1. The summed E-state index contributed by atoms with van der Waals surface area (Å²) in [6, 6.07) is 5.05. The van der Waals surface area contributed by atoms with Gasteiger partial charge in [0.15, 0.2) is 5.96 Å². The number of halogens is 1. The summed E-state index contributed by atoms with van der Waals surface area (Å²) in [5.41, 5.74) is 0. The van der Waals surface area contributed by atoms with Crippen LogP contribution in [0.2, 0.25) is 0 Å². The van der Waals surface area contributed by atoms with E-state index in [1.54, 1.807) is 0 Å². The van der Waals surface area contributed by atoms with Gasteiger partial charge in [0.2, 0.25) is 0 Å². The molecule has 0 saturated carbocycles. The van der Waals surface area contributed by atoms with Crippen molar-refractivity contribution in [1.82, 2.24) is 20.0 Å². The Kier molecular flexibility index (Phi) is 9.28. The molecule has 0 amide bonds. The summed E-state index contributed by atoms with van der Waals surface area (Å²) in [5, 5.41) is 3.53. The van der Waals surface area contributed by atoms with Crippen LogP contribution in [0.5, 0.6) is 0 Å². The second kappa shape index (κ2) is 11.7. The first kappa shape index (κ1) is 23.8. The van der Waals surface area contributed by atoms with Crippen LogP contribution in [0.15, 0.2) is 21.5 Å². The van der Waals surface area contributed by atoms with E-state index in [4.69, 9.17) is 14.1 Å². The van der Waals surface area contributed by atoms with Crippen molar-refractivity contribution in [3.63, 3.8) is 0 Å². The van der Waals surface area contributed by atoms with Crippen LogP contribution in [-0.2, 0) is 4.74 Å². The van der Waals surface area contributed by atoms with E-state index in [0.717, 1.165) is 83.1 Å². The van der Waals surface area contributed by atoms with Crippen LogP contribution in [0, 0.1) is 6.92 Å². The lowest BCUT2D eigenvalue weighted by atomic mass is 10.2. The molecule has 30 heavy (non-hydrogen) atoms. The van der Waals surface area contributed by atoms with E-state index >= 15 is 0 Å². The SMILES string of the molecule is CCNC(=NCC(c1ccc(C)o1)N1CCCC1)N1CCC(N2CCOCC2)C1.I. The summed E-state index contributed by atoms with van der Waals surface area (Å²) in [4.78, 5) is 12.7. The maximum atomic E-state index is 6.01. The zero-order valence-electron chi connectivity index (χ0n) is 18.5. The highest BCUT2D eigenvalue weighted by Gasteiger charge is 2.31. The molecular formula is C22H38IN5O2. The Morgan fingerprint density at radius 1 is 1.17 bits per heavy atom. The van der Waals surface area contributed by atoms with Gasteiger partial charge in [0.1, 0.15) is 11.5 Å². The lowest BCUT2D eigenvalue weighted by Crippen LogP contribution is -2.46. The largest absolute Gasteiger partial charge is 0.465 e. The fraction of sp³-hybridized carbons (Fsp3) is 0.773. The van der Waals surface area contributed by atoms with Gasteiger partial charge in [-0.15, -0.1) is 24.0 Å². The average molecular weight is 531 g/mol. The molecule has 3 aliphatic heterocycles. The topological polar surface area (TPSA) is 56.5 Å². The summed E-state index contributed by atoms with van der Waals surface area (Å²) >= 11 is 0. The van der Waals surface area contributed by atoms with E-state index in [0.29, 0.717) is 6.04 Å². The maximum Gasteiger partial charge on any atom is 0.194 e. The molecule has 0 aliphatic carbocycles. The normalized spacial score (nSPS) is 24.8. The number of ether oxygens (including phenoxy) is 1. The summed E-state index contributed by atoms with van der Waals surface area (Å²) in [5.74, 6) is 3.08. The van der Waals surface area contributed by atoms with Gasteiger partial charge in [-0.05, 0) is 58.3 Å². The first-order valence-electron chi connectivity index (χ1n) is 11.4. The molecule has 0 aromatic carbocycles. The van der Waals surface area contributed by atoms with Crippen LogP contribution in [-0.4, -0.2) is 92.3 Å². The van der Waals surface area contributed by atoms with Crippen LogP contribution in [0.1, 0.15) is 43.7 Å². The Morgan fingerprint density at radius 3 is 2.60 bits per heavy atom. The van der Waals surface area contributed by atoms with E-state index in [9.17, 15) is 0 Å². The Morgan fingerprint density at radius 2 is 1.93 bits per heavy atom. The standard InChI is InChI=1S/C22H37N5O2.HI/c1-3-23-22(27-11-8-19(17-27)25-12-14-28-15-13-25)24-16-20(26-9-4-5-10-26)21-7-6-18(2)29-21;/h6-7,19-20H,3-5,8-17H2,1-2H3,(H,23,24);1H. The van der Waals surface area contributed by atoms with Crippen LogP contribution >= 0.6 is 24.0 Å². The quantitative estimate of drug-likeness (QED) is 0.346. The minimum atomic E-state index is 0. The Hall–Kier alpha value is -0.840. The summed E-state index contributed by atoms with van der Waals surface area (Å²) in [6.07, 6.45) is 3.75. The Bertz CT molecular complexity index is 670. The number of rotatable bonds is 6. The minimum Gasteiger partial charge on any atom is -0.465 e. The van der Waals surface area contributed by atoms with Crippen molar-refractivity contribution in [3.05, 3.63) is 23.7 Å². The number of morpholine rings is 1. The van der Waals surface area contributed by atoms with Crippen LogP contribution < -0.4 is 5.32 Å². The molecule has 8 heteroatoms. The third kappa shape index (κ3) is 5.89. The highest BCUT2D eigenvalue weighted by Crippen LogP contribution is 2.27. The van der Waals surface area contributed by atoms with Gasteiger partial charge in [-0.3, -0.25) is 14.8 Å². The van der Waals surface area contributed by atoms with E-state index < -0.39 is 0 Å². The zero-order chi connectivity index (χ0) is 20.1. The second-order valence-electron chi connectivity index (χ2n) is 8.44. The number of aliphatic imine (C=N–C) groups is 1. The second-order valence-corrected chi connectivity index (χ2v) is 8.44. The van der Waals surface area contributed by atoms with Crippen molar-refractivity contribution in [2.75, 3.05) is 65.6 Å². The molecule has 3 fully saturated rings. The lowest BCUT2D eigenvalue weighted by Gasteiger charge is -2.32. The molecule has 4 rings (SSSR count). The summed E-state index contributed by atoms with van der Waals surface area (Å²) in [7, 11) is 0. The van der Waals surface area contributed by atoms with Gasteiger partial charge in [0, 0.05) is 38.8 Å². The van der Waals surface area contributed by atoms with Gasteiger partial charge in [-0.1, -0.05) is 0 Å². The van der Waals surface area contributed by atoms with Crippen LogP contribution in [0.4, 0.5) is 0 Å². The number of hydrogen-bond acceptors (Lipinski definition) is 5. The van der Waals surface area contributed by atoms with E-state index in [-0.39, 0.29) is 30.0 Å². The lowest BCUT2D eigenvalue weighted by molar-refractivity contribution is 0.0195. The molecule has 7 nitrogen and oxygen atoms in total. The highest BCUT2D eigenvalue weighted by atomic mass is 127. The molecule has 2 atom stereocenters. The number of guanidine groups is 1.